The number of sulfonamides is 1. The highest BCUT2D eigenvalue weighted by Crippen LogP contribution is 2.34. The minimum Gasteiger partial charge on any atom is -0.480 e. The van der Waals surface area contributed by atoms with Crippen LogP contribution < -0.4 is 14.4 Å². The van der Waals surface area contributed by atoms with E-state index in [-0.39, 0.29) is 22.6 Å². The van der Waals surface area contributed by atoms with E-state index in [4.69, 9.17) is 9.47 Å². The molecule has 0 radical (unpaired) electrons. The molecule has 1 aromatic carbocycles. The lowest BCUT2D eigenvalue weighted by molar-refractivity contribution is 0.122. The fraction of sp³-hybridized carbons (Fsp3) is 0.300. The van der Waals surface area contributed by atoms with Gasteiger partial charge >= 0.3 is 0 Å². The molecule has 3 heterocycles. The summed E-state index contributed by atoms with van der Waals surface area (Å²) in [5, 5.41) is 9.85. The van der Waals surface area contributed by atoms with Crippen LogP contribution in [0.5, 0.6) is 5.88 Å². The van der Waals surface area contributed by atoms with Gasteiger partial charge in [0.2, 0.25) is 21.9 Å². The zero-order valence-electron chi connectivity index (χ0n) is 17.3. The second kappa shape index (κ2) is 8.52. The number of fused-ring (bicyclic) bond motifs is 1. The molecule has 166 valence electrons. The summed E-state index contributed by atoms with van der Waals surface area (Å²) in [6.07, 6.45) is 2.44. The molecule has 1 aliphatic heterocycles. The van der Waals surface area contributed by atoms with Gasteiger partial charge in [-0.2, -0.15) is 5.26 Å². The monoisotopic (exact) mass is 458 g/mol. The van der Waals surface area contributed by atoms with Crippen LogP contribution in [0, 0.1) is 17.1 Å². The van der Waals surface area contributed by atoms with Crippen LogP contribution in [0.2, 0.25) is 0 Å². The minimum absolute atomic E-state index is 0.0640. The summed E-state index contributed by atoms with van der Waals surface area (Å²) >= 11 is 0. The Morgan fingerprint density at radius 3 is 2.66 bits per heavy atom. The van der Waals surface area contributed by atoms with E-state index in [9.17, 15) is 18.1 Å². The van der Waals surface area contributed by atoms with Gasteiger partial charge in [-0.15, -0.1) is 0 Å². The Labute approximate surface area is 183 Å². The van der Waals surface area contributed by atoms with Crippen LogP contribution in [0.1, 0.15) is 5.56 Å². The first-order valence-electron chi connectivity index (χ1n) is 9.55. The smallest absolute Gasteiger partial charge is 0.238 e. The molecule has 32 heavy (non-hydrogen) atoms. The van der Waals surface area contributed by atoms with Gasteiger partial charge in [-0.1, -0.05) is 0 Å². The lowest BCUT2D eigenvalue weighted by Gasteiger charge is -2.27. The number of methoxy groups -OCH3 is 1. The van der Waals surface area contributed by atoms with E-state index >= 15 is 0 Å². The molecular weight excluding hydrogens is 439 g/mol. The molecule has 1 aliphatic rings. The van der Waals surface area contributed by atoms with Crippen molar-refractivity contribution in [2.75, 3.05) is 49.3 Å². The van der Waals surface area contributed by atoms with Gasteiger partial charge in [0.25, 0.3) is 0 Å². The van der Waals surface area contributed by atoms with E-state index in [0.29, 0.717) is 48.9 Å². The van der Waals surface area contributed by atoms with Crippen LogP contribution in [0.3, 0.4) is 0 Å². The number of pyridine rings is 1. The van der Waals surface area contributed by atoms with Gasteiger partial charge in [0.1, 0.15) is 17.6 Å². The largest absolute Gasteiger partial charge is 0.480 e. The lowest BCUT2D eigenvalue weighted by atomic mass is 10.0. The number of ether oxygens (including phenoxy) is 2. The van der Waals surface area contributed by atoms with Crippen LogP contribution in [-0.4, -0.2) is 63.0 Å². The summed E-state index contributed by atoms with van der Waals surface area (Å²) in [7, 11) is -2.26. The fourth-order valence-electron chi connectivity index (χ4n) is 3.41. The highest BCUT2D eigenvalue weighted by molar-refractivity contribution is 7.92. The van der Waals surface area contributed by atoms with Gasteiger partial charge in [0.15, 0.2) is 0 Å². The van der Waals surface area contributed by atoms with Crippen molar-refractivity contribution < 1.29 is 22.3 Å². The van der Waals surface area contributed by atoms with Crippen molar-refractivity contribution in [3.05, 3.63) is 35.8 Å². The van der Waals surface area contributed by atoms with E-state index in [1.54, 1.807) is 0 Å². The summed E-state index contributed by atoms with van der Waals surface area (Å²) < 4.78 is 50.8. The van der Waals surface area contributed by atoms with Crippen molar-refractivity contribution in [1.29, 1.82) is 5.26 Å². The first-order chi connectivity index (χ1) is 15.3. The van der Waals surface area contributed by atoms with Crippen LogP contribution in [0.4, 0.5) is 16.0 Å². The van der Waals surface area contributed by atoms with Crippen molar-refractivity contribution in [3.63, 3.8) is 0 Å². The van der Waals surface area contributed by atoms with Crippen molar-refractivity contribution in [3.8, 4) is 23.2 Å². The van der Waals surface area contributed by atoms with E-state index in [1.165, 1.54) is 25.4 Å². The topological polar surface area (TPSA) is 130 Å². The molecule has 3 aromatic rings. The van der Waals surface area contributed by atoms with Crippen LogP contribution in [0.25, 0.3) is 22.2 Å². The Morgan fingerprint density at radius 1 is 1.25 bits per heavy atom. The summed E-state index contributed by atoms with van der Waals surface area (Å²) in [6.45, 7) is 2.10. The Kier molecular flexibility index (Phi) is 5.77. The lowest BCUT2D eigenvalue weighted by Crippen LogP contribution is -2.37. The number of anilines is 2. The third-order valence-corrected chi connectivity index (χ3v) is 5.37. The fourth-order valence-corrected chi connectivity index (χ4v) is 3.96. The minimum atomic E-state index is -3.62. The van der Waals surface area contributed by atoms with Gasteiger partial charge < -0.3 is 14.4 Å². The molecule has 0 spiro atoms. The van der Waals surface area contributed by atoms with E-state index in [1.807, 2.05) is 11.0 Å². The molecule has 1 fully saturated rings. The Morgan fingerprint density at radius 2 is 2.00 bits per heavy atom. The summed E-state index contributed by atoms with van der Waals surface area (Å²) in [6, 6.07) is 5.83. The number of rotatable bonds is 5. The van der Waals surface area contributed by atoms with Crippen molar-refractivity contribution in [2.45, 2.75) is 0 Å². The first kappa shape index (κ1) is 21.7. The molecule has 0 aliphatic carbocycles. The predicted molar refractivity (Wildman–Crippen MR) is 115 cm³/mol. The van der Waals surface area contributed by atoms with Gasteiger partial charge in [0, 0.05) is 30.2 Å². The zero-order valence-corrected chi connectivity index (χ0v) is 18.1. The van der Waals surface area contributed by atoms with Crippen LogP contribution in [0.15, 0.2) is 24.4 Å². The number of morpholine rings is 1. The van der Waals surface area contributed by atoms with Gasteiger partial charge in [-0.05, 0) is 18.2 Å². The maximum absolute atomic E-state index is 14.3. The van der Waals surface area contributed by atoms with Crippen molar-refractivity contribution in [2.24, 2.45) is 0 Å². The average molecular weight is 458 g/mol. The molecule has 4 rings (SSSR count). The highest BCUT2D eigenvalue weighted by atomic mass is 32.2. The quantitative estimate of drug-likeness (QED) is 0.609. The summed E-state index contributed by atoms with van der Waals surface area (Å²) in [4.78, 5) is 15.2. The number of benzene rings is 1. The van der Waals surface area contributed by atoms with Gasteiger partial charge in [0.05, 0.1) is 43.4 Å². The third-order valence-electron chi connectivity index (χ3n) is 4.78. The van der Waals surface area contributed by atoms with Gasteiger partial charge in [-0.3, -0.25) is 4.72 Å². The molecule has 12 heteroatoms. The number of hydrogen-bond acceptors (Lipinski definition) is 9. The molecule has 0 amide bonds. The number of nitrogens with one attached hydrogen (secondary N) is 1. The zero-order chi connectivity index (χ0) is 22.9. The Bertz CT molecular complexity index is 1340. The second-order valence-corrected chi connectivity index (χ2v) is 8.84. The van der Waals surface area contributed by atoms with E-state index in [2.05, 4.69) is 19.7 Å². The number of nitriles is 1. The van der Waals surface area contributed by atoms with Crippen molar-refractivity contribution >= 4 is 32.6 Å². The molecule has 2 aromatic heterocycles. The van der Waals surface area contributed by atoms with E-state index in [0.717, 1.165) is 12.3 Å². The number of halogens is 1. The molecule has 1 N–H and O–H groups in total. The molecule has 0 atom stereocenters. The highest BCUT2D eigenvalue weighted by Gasteiger charge is 2.21. The predicted octanol–water partition coefficient (Wildman–Crippen LogP) is 1.92. The summed E-state index contributed by atoms with van der Waals surface area (Å²) in [5.41, 5.74) is 1.15. The third kappa shape index (κ3) is 4.39. The normalized spacial score (nSPS) is 14.2. The molecule has 0 unspecified atom stereocenters. The maximum Gasteiger partial charge on any atom is 0.238 e. The molecule has 1 saturated heterocycles. The number of aromatic nitrogens is 3. The molecule has 0 saturated carbocycles. The standard InChI is InChI=1S/C20H19FN6O4S/c1-30-19-16(26-32(2,28)29)8-13(11-23-19)18-15-9-14(21)7-12(10-22)17(15)24-20(25-18)27-3-5-31-6-4-27/h7-9,11,26H,3-6H2,1-2H3. The summed E-state index contributed by atoms with van der Waals surface area (Å²) in [5.74, 6) is -0.198. The first-order valence-corrected chi connectivity index (χ1v) is 11.4. The van der Waals surface area contributed by atoms with Crippen LogP contribution in [-0.2, 0) is 14.8 Å². The number of hydrogen-bond donors (Lipinski definition) is 1. The SMILES string of the molecule is COc1ncc(-c2nc(N3CCOCC3)nc3c(C#N)cc(F)cc23)cc1NS(C)(=O)=O. The van der Waals surface area contributed by atoms with Gasteiger partial charge in [-0.25, -0.2) is 27.8 Å². The van der Waals surface area contributed by atoms with E-state index < -0.39 is 15.8 Å². The second-order valence-electron chi connectivity index (χ2n) is 7.09. The molecular formula is C20H19FN6O4S. The average Bonchev–Trinajstić information content (AvgIpc) is 2.77. The van der Waals surface area contributed by atoms with Crippen molar-refractivity contribution in [1.82, 2.24) is 15.0 Å². The molecule has 10 nitrogen and oxygen atoms in total. The number of nitrogens with zero attached hydrogens (tertiary/aromatic N) is 5. The maximum atomic E-state index is 14.3. The Hall–Kier alpha value is -3.56. The molecule has 0 bridgehead atoms. The Balaban J connectivity index is 1.97. The van der Waals surface area contributed by atoms with Crippen LogP contribution >= 0.6 is 0 Å².